The van der Waals surface area contributed by atoms with E-state index in [9.17, 15) is 5.11 Å². The van der Waals surface area contributed by atoms with Crippen LogP contribution in [0, 0.1) is 0 Å². The minimum atomic E-state index is -0.539. The lowest BCUT2D eigenvalue weighted by Gasteiger charge is -2.34. The van der Waals surface area contributed by atoms with E-state index in [1.165, 1.54) is 0 Å². The highest BCUT2D eigenvalue weighted by atomic mass is 16.3. The molecule has 2 aliphatic rings. The fourth-order valence-corrected chi connectivity index (χ4v) is 2.17. The van der Waals surface area contributed by atoms with Gasteiger partial charge in [0.2, 0.25) is 0 Å². The molecule has 2 aliphatic heterocycles. The maximum absolute atomic E-state index is 9.26. The molecule has 2 heterocycles. The van der Waals surface area contributed by atoms with E-state index in [1.54, 1.807) is 0 Å². The zero-order valence-electron chi connectivity index (χ0n) is 13.3. The fourth-order valence-electron chi connectivity index (χ4n) is 2.17. The van der Waals surface area contributed by atoms with Crippen LogP contribution < -0.4 is 32.3 Å². The number of aliphatic hydroxyl groups excluding tert-OH is 1. The van der Waals surface area contributed by atoms with E-state index in [-0.39, 0.29) is 18.9 Å². The molecule has 0 bridgehead atoms. The zero-order valence-corrected chi connectivity index (χ0v) is 13.3. The molecule has 0 aromatic heterocycles. The van der Waals surface area contributed by atoms with E-state index in [0.29, 0.717) is 11.7 Å². The molecule has 124 valence electrons. The smallest absolute Gasteiger partial charge is 0.176 e. The van der Waals surface area contributed by atoms with Crippen LogP contribution in [0.5, 0.6) is 0 Å². The number of nitrogens with zero attached hydrogens (tertiary/aromatic N) is 2. The predicted octanol–water partition coefficient (Wildman–Crippen LogP) is -2.08. The Morgan fingerprint density at radius 2 is 2.00 bits per heavy atom. The summed E-state index contributed by atoms with van der Waals surface area (Å²) in [7, 11) is 1.82. The third kappa shape index (κ3) is 3.67. The van der Waals surface area contributed by atoms with Crippen molar-refractivity contribution >= 4 is 11.7 Å². The van der Waals surface area contributed by atoms with Crippen LogP contribution in [0.25, 0.3) is 0 Å². The van der Waals surface area contributed by atoms with E-state index < -0.39 is 6.29 Å². The van der Waals surface area contributed by atoms with Crippen molar-refractivity contribution in [1.29, 1.82) is 0 Å². The van der Waals surface area contributed by atoms with Crippen molar-refractivity contribution in [3.63, 3.8) is 0 Å². The van der Waals surface area contributed by atoms with Gasteiger partial charge in [0.1, 0.15) is 11.4 Å². The summed E-state index contributed by atoms with van der Waals surface area (Å²) in [6.07, 6.45) is 0.167. The number of amidine groups is 2. The largest absolute Gasteiger partial charge is 0.394 e. The first-order valence-corrected chi connectivity index (χ1v) is 7.56. The van der Waals surface area contributed by atoms with Crippen molar-refractivity contribution in [2.75, 3.05) is 20.2 Å². The molecule has 8 N–H and O–H groups in total. The normalized spacial score (nSPS) is 25.3. The monoisotopic (exact) mass is 310 g/mol. The Labute approximate surface area is 130 Å². The summed E-state index contributed by atoms with van der Waals surface area (Å²) < 4.78 is 0. The van der Waals surface area contributed by atoms with Gasteiger partial charge < -0.3 is 26.4 Å². The Bertz CT molecular complexity index is 486. The van der Waals surface area contributed by atoms with Crippen LogP contribution in [0.4, 0.5) is 0 Å². The quantitative estimate of drug-likeness (QED) is 0.310. The van der Waals surface area contributed by atoms with E-state index >= 15 is 0 Å². The molecule has 0 aromatic rings. The molecular formula is C13H26N8O. The van der Waals surface area contributed by atoms with E-state index in [2.05, 4.69) is 43.5 Å². The summed E-state index contributed by atoms with van der Waals surface area (Å²) >= 11 is 0. The molecule has 0 saturated carbocycles. The molecule has 9 nitrogen and oxygen atoms in total. The van der Waals surface area contributed by atoms with Gasteiger partial charge in [-0.1, -0.05) is 6.92 Å². The van der Waals surface area contributed by atoms with Crippen LogP contribution in [0.15, 0.2) is 21.4 Å². The summed E-state index contributed by atoms with van der Waals surface area (Å²) in [5.74, 6) is 1.37. The average Bonchev–Trinajstić information content (AvgIpc) is 2.52. The van der Waals surface area contributed by atoms with Crippen molar-refractivity contribution in [1.82, 2.24) is 26.6 Å². The van der Waals surface area contributed by atoms with Crippen LogP contribution in [0.1, 0.15) is 20.3 Å². The van der Waals surface area contributed by atoms with Gasteiger partial charge >= 0.3 is 0 Å². The SMILES string of the molecule is CCCNC1=NC(N)NC2=C1NC(NC)N=C2N[C@H](C)CO. The highest BCUT2D eigenvalue weighted by Crippen LogP contribution is 2.14. The average molecular weight is 310 g/mol. The molecule has 0 amide bonds. The van der Waals surface area contributed by atoms with Crippen LogP contribution in [0.2, 0.25) is 0 Å². The lowest BCUT2D eigenvalue weighted by Crippen LogP contribution is -2.57. The van der Waals surface area contributed by atoms with E-state index in [4.69, 9.17) is 5.73 Å². The summed E-state index contributed by atoms with van der Waals surface area (Å²) in [5.41, 5.74) is 7.52. The van der Waals surface area contributed by atoms with Gasteiger partial charge in [-0.05, 0) is 20.4 Å². The van der Waals surface area contributed by atoms with Gasteiger partial charge in [0, 0.05) is 12.6 Å². The standard InChI is InChI=1S/C13H26N8O/c1-4-5-16-10-8-9(18-12(14)20-10)11(17-7(2)6-22)21-13(15-3)19-8/h7,12-13,15,18-19,22H,4-6,14H2,1-3H3,(H,16,20)(H,17,21)/t7-,12?,13?/m1/s1. The third-order valence-electron chi connectivity index (χ3n) is 3.30. The number of aliphatic hydroxyl groups is 1. The molecule has 2 unspecified atom stereocenters. The third-order valence-corrected chi connectivity index (χ3v) is 3.30. The van der Waals surface area contributed by atoms with Gasteiger partial charge in [0.05, 0.1) is 6.61 Å². The molecule has 0 radical (unpaired) electrons. The van der Waals surface area contributed by atoms with Crippen LogP contribution in [-0.4, -0.2) is 55.6 Å². The lowest BCUT2D eigenvalue weighted by atomic mass is 10.2. The highest BCUT2D eigenvalue weighted by Gasteiger charge is 2.30. The molecule has 0 aromatic carbocycles. The highest BCUT2D eigenvalue weighted by molar-refractivity contribution is 6.10. The molecular weight excluding hydrogens is 284 g/mol. The number of aliphatic imine (C=N–C) groups is 2. The van der Waals surface area contributed by atoms with Crippen molar-refractivity contribution < 1.29 is 5.11 Å². The van der Waals surface area contributed by atoms with E-state index in [1.807, 2.05) is 14.0 Å². The number of hydrogen-bond acceptors (Lipinski definition) is 9. The maximum atomic E-state index is 9.26. The number of hydrogen-bond donors (Lipinski definition) is 7. The van der Waals surface area contributed by atoms with Crippen molar-refractivity contribution in [3.05, 3.63) is 11.4 Å². The molecule has 9 heteroatoms. The first-order valence-electron chi connectivity index (χ1n) is 7.56. The maximum Gasteiger partial charge on any atom is 0.176 e. The van der Waals surface area contributed by atoms with Gasteiger partial charge in [0.25, 0.3) is 0 Å². The Kier molecular flexibility index (Phi) is 5.58. The van der Waals surface area contributed by atoms with Crippen LogP contribution in [-0.2, 0) is 0 Å². The zero-order chi connectivity index (χ0) is 16.1. The molecule has 0 spiro atoms. The number of rotatable bonds is 5. The molecule has 2 rings (SSSR count). The van der Waals surface area contributed by atoms with E-state index in [0.717, 1.165) is 24.4 Å². The first kappa shape index (κ1) is 16.5. The second-order valence-corrected chi connectivity index (χ2v) is 5.28. The Morgan fingerprint density at radius 3 is 2.64 bits per heavy atom. The second-order valence-electron chi connectivity index (χ2n) is 5.28. The summed E-state index contributed by atoms with van der Waals surface area (Å²) in [5, 5.41) is 25.2. The first-order chi connectivity index (χ1) is 10.6. The minimum Gasteiger partial charge on any atom is -0.394 e. The summed E-state index contributed by atoms with van der Waals surface area (Å²) in [6.45, 7) is 4.79. The molecule has 0 fully saturated rings. The van der Waals surface area contributed by atoms with Crippen LogP contribution >= 0.6 is 0 Å². The summed E-state index contributed by atoms with van der Waals surface area (Å²) in [4.78, 5) is 8.93. The molecule has 3 atom stereocenters. The molecule has 0 aliphatic carbocycles. The van der Waals surface area contributed by atoms with Gasteiger partial charge in [-0.2, -0.15) is 0 Å². The Hall–Kier alpha value is -1.84. The van der Waals surface area contributed by atoms with Crippen molar-refractivity contribution in [3.8, 4) is 0 Å². The molecule has 0 saturated heterocycles. The second kappa shape index (κ2) is 7.43. The lowest BCUT2D eigenvalue weighted by molar-refractivity contribution is 0.263. The van der Waals surface area contributed by atoms with Gasteiger partial charge in [0.15, 0.2) is 24.3 Å². The number of nitrogens with one attached hydrogen (secondary N) is 5. The molecule has 22 heavy (non-hydrogen) atoms. The van der Waals surface area contributed by atoms with Gasteiger partial charge in [-0.25, -0.2) is 9.98 Å². The van der Waals surface area contributed by atoms with Gasteiger partial charge in [-0.15, -0.1) is 0 Å². The number of nitrogens with two attached hydrogens (primary N) is 1. The Balaban J connectivity index is 2.30. The fraction of sp³-hybridized carbons (Fsp3) is 0.692. The van der Waals surface area contributed by atoms with Gasteiger partial charge in [-0.3, -0.25) is 11.1 Å². The van der Waals surface area contributed by atoms with Crippen molar-refractivity contribution in [2.24, 2.45) is 15.7 Å². The topological polar surface area (TPSA) is 131 Å². The Morgan fingerprint density at radius 1 is 1.27 bits per heavy atom. The van der Waals surface area contributed by atoms with Crippen LogP contribution in [0.3, 0.4) is 0 Å². The predicted molar refractivity (Wildman–Crippen MR) is 87.0 cm³/mol. The van der Waals surface area contributed by atoms with Crippen molar-refractivity contribution in [2.45, 2.75) is 38.9 Å². The summed E-state index contributed by atoms with van der Waals surface area (Å²) in [6, 6.07) is -0.118. The minimum absolute atomic E-state index is 0.0143.